The van der Waals surface area contributed by atoms with Gasteiger partial charge in [-0.3, -0.25) is 4.79 Å². The maximum Gasteiger partial charge on any atom is 0.233 e. The molecule has 0 spiro atoms. The van der Waals surface area contributed by atoms with Gasteiger partial charge in [-0.2, -0.15) is 0 Å². The van der Waals surface area contributed by atoms with Crippen molar-refractivity contribution in [3.63, 3.8) is 0 Å². The minimum atomic E-state index is 0.0494. The molecule has 0 rings (SSSR count). The van der Waals surface area contributed by atoms with Gasteiger partial charge in [0.2, 0.25) is 5.91 Å². The van der Waals surface area contributed by atoms with Crippen LogP contribution in [0.1, 0.15) is 27.2 Å². The van der Waals surface area contributed by atoms with Crippen molar-refractivity contribution in [2.75, 3.05) is 19.6 Å². The quantitative estimate of drug-likeness (QED) is 0.478. The first-order chi connectivity index (χ1) is 6.52. The van der Waals surface area contributed by atoms with E-state index in [1.165, 1.54) is 0 Å². The van der Waals surface area contributed by atoms with Gasteiger partial charge in [0.25, 0.3) is 0 Å². The standard InChI is InChI=1S/C11H22N2O/c1-5-7-12-8-10(14)13-9-11(3,4)6-2/h5,12H,1,6-9H2,2-4H3,(H,13,14). The van der Waals surface area contributed by atoms with Gasteiger partial charge in [-0.15, -0.1) is 6.58 Å². The molecule has 0 radical (unpaired) electrons. The summed E-state index contributed by atoms with van der Waals surface area (Å²) >= 11 is 0. The van der Waals surface area contributed by atoms with Crippen LogP contribution < -0.4 is 10.6 Å². The summed E-state index contributed by atoms with van der Waals surface area (Å²) in [5.74, 6) is 0.0494. The first-order valence-corrected chi connectivity index (χ1v) is 5.10. The predicted octanol–water partition coefficient (Wildman–Crippen LogP) is 1.31. The number of carbonyl (C=O) groups excluding carboxylic acids is 1. The highest BCUT2D eigenvalue weighted by Gasteiger charge is 2.15. The van der Waals surface area contributed by atoms with E-state index < -0.39 is 0 Å². The zero-order chi connectivity index (χ0) is 11.0. The molecule has 0 aromatic rings. The molecule has 0 saturated carbocycles. The molecular weight excluding hydrogens is 176 g/mol. The molecule has 0 aliphatic rings. The molecule has 3 heteroatoms. The minimum Gasteiger partial charge on any atom is -0.354 e. The molecule has 0 saturated heterocycles. The van der Waals surface area contributed by atoms with Crippen LogP contribution in [-0.2, 0) is 4.79 Å². The van der Waals surface area contributed by atoms with Crippen LogP contribution in [0, 0.1) is 5.41 Å². The molecule has 3 nitrogen and oxygen atoms in total. The lowest BCUT2D eigenvalue weighted by Gasteiger charge is -2.22. The van der Waals surface area contributed by atoms with Gasteiger partial charge >= 0.3 is 0 Å². The fraction of sp³-hybridized carbons (Fsp3) is 0.727. The average molecular weight is 198 g/mol. The second-order valence-corrected chi connectivity index (χ2v) is 4.21. The molecule has 0 aliphatic carbocycles. The summed E-state index contributed by atoms with van der Waals surface area (Å²) in [4.78, 5) is 11.3. The van der Waals surface area contributed by atoms with Gasteiger partial charge in [0.15, 0.2) is 0 Å². The lowest BCUT2D eigenvalue weighted by atomic mass is 9.90. The molecule has 0 heterocycles. The summed E-state index contributed by atoms with van der Waals surface area (Å²) in [7, 11) is 0. The maximum atomic E-state index is 11.3. The minimum absolute atomic E-state index is 0.0494. The van der Waals surface area contributed by atoms with E-state index in [9.17, 15) is 4.79 Å². The van der Waals surface area contributed by atoms with E-state index >= 15 is 0 Å². The highest BCUT2D eigenvalue weighted by atomic mass is 16.1. The van der Waals surface area contributed by atoms with Gasteiger partial charge in [0.05, 0.1) is 6.54 Å². The van der Waals surface area contributed by atoms with Crippen LogP contribution >= 0.6 is 0 Å². The van der Waals surface area contributed by atoms with Crippen molar-refractivity contribution >= 4 is 5.91 Å². The Balaban J connectivity index is 3.58. The normalized spacial score (nSPS) is 11.1. The van der Waals surface area contributed by atoms with E-state index in [0.29, 0.717) is 13.1 Å². The predicted molar refractivity (Wildman–Crippen MR) is 60.1 cm³/mol. The van der Waals surface area contributed by atoms with E-state index in [1.807, 2.05) is 0 Å². The van der Waals surface area contributed by atoms with Crippen molar-refractivity contribution in [1.82, 2.24) is 10.6 Å². The number of rotatable bonds is 7. The fourth-order valence-corrected chi connectivity index (χ4v) is 0.813. The third-order valence-corrected chi connectivity index (χ3v) is 2.30. The van der Waals surface area contributed by atoms with E-state index in [0.717, 1.165) is 13.0 Å². The van der Waals surface area contributed by atoms with Crippen LogP contribution in [0.5, 0.6) is 0 Å². The topological polar surface area (TPSA) is 41.1 Å². The summed E-state index contributed by atoms with van der Waals surface area (Å²) in [6.45, 7) is 11.7. The lowest BCUT2D eigenvalue weighted by molar-refractivity contribution is -0.120. The van der Waals surface area contributed by atoms with E-state index in [2.05, 4.69) is 38.0 Å². The summed E-state index contributed by atoms with van der Waals surface area (Å²) < 4.78 is 0. The van der Waals surface area contributed by atoms with Crippen molar-refractivity contribution in [3.05, 3.63) is 12.7 Å². The van der Waals surface area contributed by atoms with E-state index in [4.69, 9.17) is 0 Å². The highest BCUT2D eigenvalue weighted by Crippen LogP contribution is 2.17. The number of amides is 1. The fourth-order valence-electron chi connectivity index (χ4n) is 0.813. The Kier molecular flexibility index (Phi) is 6.21. The third kappa shape index (κ3) is 6.66. The van der Waals surface area contributed by atoms with Gasteiger partial charge in [-0.25, -0.2) is 0 Å². The zero-order valence-corrected chi connectivity index (χ0v) is 9.52. The smallest absolute Gasteiger partial charge is 0.233 e. The zero-order valence-electron chi connectivity index (χ0n) is 9.52. The molecule has 0 atom stereocenters. The second kappa shape index (κ2) is 6.60. The Labute approximate surface area is 87.0 Å². The molecular formula is C11H22N2O. The van der Waals surface area contributed by atoms with Gasteiger partial charge in [-0.1, -0.05) is 26.8 Å². The van der Waals surface area contributed by atoms with Crippen LogP contribution in [0.4, 0.5) is 0 Å². The monoisotopic (exact) mass is 198 g/mol. The highest BCUT2D eigenvalue weighted by molar-refractivity contribution is 5.78. The Morgan fingerprint density at radius 1 is 1.50 bits per heavy atom. The van der Waals surface area contributed by atoms with Crippen LogP contribution in [0.2, 0.25) is 0 Å². The molecule has 0 bridgehead atoms. The number of carbonyl (C=O) groups is 1. The Morgan fingerprint density at radius 3 is 2.64 bits per heavy atom. The van der Waals surface area contributed by atoms with Crippen LogP contribution in [0.15, 0.2) is 12.7 Å². The molecule has 0 unspecified atom stereocenters. The number of nitrogens with one attached hydrogen (secondary N) is 2. The van der Waals surface area contributed by atoms with Gasteiger partial charge in [-0.05, 0) is 11.8 Å². The molecule has 1 amide bonds. The van der Waals surface area contributed by atoms with Gasteiger partial charge in [0, 0.05) is 13.1 Å². The molecule has 0 aromatic heterocycles. The van der Waals surface area contributed by atoms with E-state index in [-0.39, 0.29) is 11.3 Å². The summed E-state index contributed by atoms with van der Waals surface area (Å²) in [6.07, 6.45) is 2.80. The van der Waals surface area contributed by atoms with Crippen molar-refractivity contribution in [1.29, 1.82) is 0 Å². The summed E-state index contributed by atoms with van der Waals surface area (Å²) in [5.41, 5.74) is 0.189. The van der Waals surface area contributed by atoms with E-state index in [1.54, 1.807) is 6.08 Å². The Hall–Kier alpha value is -0.830. The first-order valence-electron chi connectivity index (χ1n) is 5.10. The van der Waals surface area contributed by atoms with Gasteiger partial charge in [0.1, 0.15) is 0 Å². The molecule has 0 aliphatic heterocycles. The summed E-state index contributed by atoms with van der Waals surface area (Å²) in [6, 6.07) is 0. The molecule has 0 aromatic carbocycles. The first kappa shape index (κ1) is 13.2. The number of hydrogen-bond acceptors (Lipinski definition) is 2. The SMILES string of the molecule is C=CCNCC(=O)NCC(C)(C)CC. The lowest BCUT2D eigenvalue weighted by Crippen LogP contribution is -2.39. The average Bonchev–Trinajstić information content (AvgIpc) is 2.16. The molecule has 0 fully saturated rings. The van der Waals surface area contributed by atoms with Crippen LogP contribution in [-0.4, -0.2) is 25.5 Å². The van der Waals surface area contributed by atoms with Crippen molar-refractivity contribution in [2.24, 2.45) is 5.41 Å². The molecule has 14 heavy (non-hydrogen) atoms. The van der Waals surface area contributed by atoms with Crippen molar-refractivity contribution < 1.29 is 4.79 Å². The molecule has 2 N–H and O–H groups in total. The summed E-state index contributed by atoms with van der Waals surface area (Å²) in [5, 5.41) is 5.86. The third-order valence-electron chi connectivity index (χ3n) is 2.30. The van der Waals surface area contributed by atoms with Crippen molar-refractivity contribution in [3.8, 4) is 0 Å². The molecule has 82 valence electrons. The largest absolute Gasteiger partial charge is 0.354 e. The van der Waals surface area contributed by atoms with Crippen molar-refractivity contribution in [2.45, 2.75) is 27.2 Å². The van der Waals surface area contributed by atoms with Crippen LogP contribution in [0.3, 0.4) is 0 Å². The Bertz CT molecular complexity index is 188. The van der Waals surface area contributed by atoms with Gasteiger partial charge < -0.3 is 10.6 Å². The number of hydrogen-bond donors (Lipinski definition) is 2. The second-order valence-electron chi connectivity index (χ2n) is 4.21. The van der Waals surface area contributed by atoms with Crippen LogP contribution in [0.25, 0.3) is 0 Å². The maximum absolute atomic E-state index is 11.3. The Morgan fingerprint density at radius 2 is 2.14 bits per heavy atom.